The summed E-state index contributed by atoms with van der Waals surface area (Å²) in [5.74, 6) is 0.0673. The predicted molar refractivity (Wildman–Crippen MR) is 141 cm³/mol. The van der Waals surface area contributed by atoms with E-state index < -0.39 is 10.0 Å². The largest absolute Gasteiger partial charge is 0.383 e. The molecule has 3 heterocycles. The zero-order valence-corrected chi connectivity index (χ0v) is 20.6. The number of hydrogen-bond donors (Lipinski definition) is 3. The van der Waals surface area contributed by atoms with Gasteiger partial charge in [-0.3, -0.25) is 4.79 Å². The molecule has 1 saturated heterocycles. The highest BCUT2D eigenvalue weighted by molar-refractivity contribution is 7.89. The molecule has 0 radical (unpaired) electrons. The van der Waals surface area contributed by atoms with Gasteiger partial charge in [0.2, 0.25) is 10.0 Å². The number of nitrogens with one attached hydrogen (secondary N) is 2. The van der Waals surface area contributed by atoms with Crippen LogP contribution in [0.4, 0.5) is 11.5 Å². The summed E-state index contributed by atoms with van der Waals surface area (Å²) in [5.41, 5.74) is 11.0. The van der Waals surface area contributed by atoms with Crippen molar-refractivity contribution in [2.75, 3.05) is 24.1 Å². The zero-order valence-electron chi connectivity index (χ0n) is 19.8. The molecule has 5 rings (SSSR count). The number of carbonyl (C=O) groups excluding carboxylic acids is 1. The number of fused-ring (bicyclic) bond motifs is 1. The number of H-pyrrole nitrogens is 1. The molecule has 36 heavy (non-hydrogen) atoms. The van der Waals surface area contributed by atoms with Crippen LogP contribution in [0.5, 0.6) is 0 Å². The lowest BCUT2D eigenvalue weighted by Gasteiger charge is -2.16. The van der Waals surface area contributed by atoms with Crippen LogP contribution in [0.1, 0.15) is 19.8 Å². The predicted octanol–water partition coefficient (Wildman–Crippen LogP) is 4.17. The molecule has 1 aliphatic rings. The van der Waals surface area contributed by atoms with E-state index in [2.05, 4.69) is 26.8 Å². The smallest absolute Gasteiger partial charge is 0.250 e. The van der Waals surface area contributed by atoms with Crippen LogP contribution in [0, 0.1) is 0 Å². The van der Waals surface area contributed by atoms with Crippen molar-refractivity contribution in [1.29, 1.82) is 0 Å². The van der Waals surface area contributed by atoms with Crippen LogP contribution in [0.3, 0.4) is 0 Å². The number of anilines is 2. The molecule has 0 bridgehead atoms. The van der Waals surface area contributed by atoms with Gasteiger partial charge in [0.05, 0.1) is 16.0 Å². The van der Waals surface area contributed by atoms with Crippen LogP contribution in [0.15, 0.2) is 71.9 Å². The molecule has 9 nitrogen and oxygen atoms in total. The fraction of sp³-hybridized carbons (Fsp3) is 0.192. The van der Waals surface area contributed by atoms with E-state index >= 15 is 0 Å². The number of carbonyl (C=O) groups is 1. The van der Waals surface area contributed by atoms with Crippen molar-refractivity contribution < 1.29 is 13.2 Å². The molecular weight excluding hydrogens is 476 g/mol. The van der Waals surface area contributed by atoms with Gasteiger partial charge in [0, 0.05) is 29.9 Å². The summed E-state index contributed by atoms with van der Waals surface area (Å²) in [6, 6.07) is 14.2. The van der Waals surface area contributed by atoms with E-state index in [9.17, 15) is 13.2 Å². The van der Waals surface area contributed by atoms with Crippen LogP contribution < -0.4 is 11.1 Å². The minimum atomic E-state index is -3.52. The second kappa shape index (κ2) is 9.21. The van der Waals surface area contributed by atoms with Gasteiger partial charge in [-0.05, 0) is 55.2 Å². The van der Waals surface area contributed by atoms with Gasteiger partial charge in [0.1, 0.15) is 17.8 Å². The SMILES string of the molecule is C=C(C)C(=O)Nc1ccc(-c2[nH]c3ncnc(N)c3c2-c2ccc(S(=O)(=O)N3CCCC3)cc2)cc1. The van der Waals surface area contributed by atoms with Gasteiger partial charge < -0.3 is 16.0 Å². The Hall–Kier alpha value is -4.02. The summed E-state index contributed by atoms with van der Waals surface area (Å²) >= 11 is 0. The van der Waals surface area contributed by atoms with E-state index in [4.69, 9.17) is 5.73 Å². The molecule has 2 aromatic heterocycles. The lowest BCUT2D eigenvalue weighted by Crippen LogP contribution is -2.27. The molecule has 4 N–H and O–H groups in total. The first kappa shape index (κ1) is 23.7. The van der Waals surface area contributed by atoms with Crippen LogP contribution >= 0.6 is 0 Å². The Morgan fingerprint density at radius 1 is 1.03 bits per heavy atom. The molecule has 1 fully saturated rings. The highest BCUT2D eigenvalue weighted by Gasteiger charge is 2.27. The van der Waals surface area contributed by atoms with E-state index in [0.29, 0.717) is 41.2 Å². The third-order valence-corrected chi connectivity index (χ3v) is 8.20. The van der Waals surface area contributed by atoms with Crippen molar-refractivity contribution in [1.82, 2.24) is 19.3 Å². The Kier molecular flexibility index (Phi) is 6.07. The maximum Gasteiger partial charge on any atom is 0.250 e. The van der Waals surface area contributed by atoms with E-state index in [0.717, 1.165) is 35.2 Å². The first-order chi connectivity index (χ1) is 17.3. The molecule has 0 saturated carbocycles. The number of nitrogen functional groups attached to an aromatic ring is 1. The number of rotatable bonds is 6. The van der Waals surface area contributed by atoms with Crippen molar-refractivity contribution in [3.63, 3.8) is 0 Å². The number of benzene rings is 2. The van der Waals surface area contributed by atoms with Crippen LogP contribution in [-0.4, -0.2) is 46.7 Å². The number of hydrogen-bond acceptors (Lipinski definition) is 6. The fourth-order valence-corrected chi connectivity index (χ4v) is 5.90. The standard InChI is InChI=1S/C26H26N6O3S/c1-16(2)26(33)30-19-9-5-18(6-10-19)23-21(22-24(27)28-15-29-25(22)31-23)17-7-11-20(12-8-17)36(34,35)32-13-3-4-14-32/h5-12,15H,1,3-4,13-14H2,2H3,(H,30,33)(H3,27,28,29,31). The summed E-state index contributed by atoms with van der Waals surface area (Å²) < 4.78 is 27.5. The van der Waals surface area contributed by atoms with Crippen molar-refractivity contribution in [3.8, 4) is 22.4 Å². The lowest BCUT2D eigenvalue weighted by molar-refractivity contribution is -0.112. The van der Waals surface area contributed by atoms with Gasteiger partial charge in [-0.15, -0.1) is 0 Å². The van der Waals surface area contributed by atoms with E-state index in [1.165, 1.54) is 10.6 Å². The van der Waals surface area contributed by atoms with Crippen molar-refractivity contribution in [2.45, 2.75) is 24.7 Å². The van der Waals surface area contributed by atoms with Crippen molar-refractivity contribution >= 4 is 38.5 Å². The third-order valence-electron chi connectivity index (χ3n) is 6.28. The molecule has 4 aromatic rings. The average molecular weight is 503 g/mol. The summed E-state index contributed by atoms with van der Waals surface area (Å²) in [4.78, 5) is 24.0. The number of amides is 1. The number of nitrogens with zero attached hydrogens (tertiary/aromatic N) is 3. The molecule has 1 aliphatic heterocycles. The summed E-state index contributed by atoms with van der Waals surface area (Å²) in [7, 11) is -3.52. The first-order valence-electron chi connectivity index (χ1n) is 11.6. The molecule has 1 amide bonds. The Balaban J connectivity index is 1.57. The van der Waals surface area contributed by atoms with Gasteiger partial charge >= 0.3 is 0 Å². The van der Waals surface area contributed by atoms with E-state index in [1.807, 2.05) is 12.1 Å². The van der Waals surface area contributed by atoms with Gasteiger partial charge in [-0.1, -0.05) is 30.8 Å². The summed E-state index contributed by atoms with van der Waals surface area (Å²) in [6.45, 7) is 6.40. The Morgan fingerprint density at radius 3 is 2.31 bits per heavy atom. The second-order valence-corrected chi connectivity index (χ2v) is 10.7. The molecule has 2 aromatic carbocycles. The minimum Gasteiger partial charge on any atom is -0.383 e. The zero-order chi connectivity index (χ0) is 25.4. The molecule has 0 aliphatic carbocycles. The highest BCUT2D eigenvalue weighted by atomic mass is 32.2. The van der Waals surface area contributed by atoms with Gasteiger partial charge in [-0.2, -0.15) is 4.31 Å². The molecule has 10 heteroatoms. The highest BCUT2D eigenvalue weighted by Crippen LogP contribution is 2.40. The summed E-state index contributed by atoms with van der Waals surface area (Å²) in [6.07, 6.45) is 3.15. The van der Waals surface area contributed by atoms with Crippen LogP contribution in [0.25, 0.3) is 33.4 Å². The first-order valence-corrected chi connectivity index (χ1v) is 13.0. The fourth-order valence-electron chi connectivity index (χ4n) is 4.38. The maximum absolute atomic E-state index is 13.0. The van der Waals surface area contributed by atoms with Crippen molar-refractivity contribution in [2.24, 2.45) is 0 Å². The van der Waals surface area contributed by atoms with Gasteiger partial charge in [0.25, 0.3) is 5.91 Å². The van der Waals surface area contributed by atoms with E-state index in [-0.39, 0.29) is 10.8 Å². The lowest BCUT2D eigenvalue weighted by atomic mass is 9.99. The quantitative estimate of drug-likeness (QED) is 0.339. The van der Waals surface area contributed by atoms with Crippen LogP contribution in [0.2, 0.25) is 0 Å². The Labute approximate surface area is 209 Å². The van der Waals surface area contributed by atoms with Crippen LogP contribution in [-0.2, 0) is 14.8 Å². The Morgan fingerprint density at radius 2 is 1.67 bits per heavy atom. The van der Waals surface area contributed by atoms with Gasteiger partial charge in [-0.25, -0.2) is 18.4 Å². The number of sulfonamides is 1. The molecule has 0 spiro atoms. The number of nitrogens with two attached hydrogens (primary N) is 1. The van der Waals surface area contributed by atoms with E-state index in [1.54, 1.807) is 43.3 Å². The normalized spacial score (nSPS) is 14.2. The number of aromatic nitrogens is 3. The molecular formula is C26H26N6O3S. The average Bonchev–Trinajstić information content (AvgIpc) is 3.54. The topological polar surface area (TPSA) is 134 Å². The monoisotopic (exact) mass is 502 g/mol. The molecule has 0 atom stereocenters. The third kappa shape index (κ3) is 4.25. The maximum atomic E-state index is 13.0. The molecule has 184 valence electrons. The number of aromatic amines is 1. The van der Waals surface area contributed by atoms with Crippen molar-refractivity contribution in [3.05, 3.63) is 67.0 Å². The molecule has 0 unspecified atom stereocenters. The van der Waals surface area contributed by atoms with Gasteiger partial charge in [0.15, 0.2) is 0 Å². The second-order valence-electron chi connectivity index (χ2n) is 8.80. The Bertz CT molecular complexity index is 1570. The minimum absolute atomic E-state index is 0.249. The summed E-state index contributed by atoms with van der Waals surface area (Å²) in [5, 5.41) is 3.45.